The lowest BCUT2D eigenvalue weighted by molar-refractivity contribution is 0.147. The Hall–Kier alpha value is -5.66. The highest BCUT2D eigenvalue weighted by Gasteiger charge is 2.42. The molecule has 1 aliphatic carbocycles. The molecule has 2 aromatic carbocycles. The fourth-order valence-corrected chi connectivity index (χ4v) is 7.09. The van der Waals surface area contributed by atoms with Crippen molar-refractivity contribution in [3.8, 4) is 34.4 Å². The predicted molar refractivity (Wildman–Crippen MR) is 178 cm³/mol. The summed E-state index contributed by atoms with van der Waals surface area (Å²) < 4.78 is 2.08. The zero-order valence-corrected chi connectivity index (χ0v) is 25.2. The van der Waals surface area contributed by atoms with E-state index in [0.717, 1.165) is 53.3 Å². The van der Waals surface area contributed by atoms with E-state index in [4.69, 9.17) is 15.7 Å². The van der Waals surface area contributed by atoms with E-state index in [1.165, 1.54) is 18.4 Å². The van der Waals surface area contributed by atoms with E-state index < -0.39 is 0 Å². The van der Waals surface area contributed by atoms with Crippen LogP contribution in [0.15, 0.2) is 97.3 Å². The van der Waals surface area contributed by atoms with Gasteiger partial charge in [0.1, 0.15) is 23.1 Å². The molecule has 6 aromatic rings. The number of piperidine rings is 1. The van der Waals surface area contributed by atoms with Gasteiger partial charge in [0.05, 0.1) is 11.3 Å². The van der Waals surface area contributed by atoms with Crippen LogP contribution in [0.5, 0.6) is 0 Å². The van der Waals surface area contributed by atoms with Crippen LogP contribution in [-0.2, 0) is 6.54 Å². The van der Waals surface area contributed by atoms with Crippen molar-refractivity contribution in [2.45, 2.75) is 25.4 Å². The summed E-state index contributed by atoms with van der Waals surface area (Å²) in [6, 6.07) is 30.8. The first kappa shape index (κ1) is 27.9. The van der Waals surface area contributed by atoms with Gasteiger partial charge in [0, 0.05) is 49.3 Å². The molecule has 1 aliphatic heterocycles. The summed E-state index contributed by atoms with van der Waals surface area (Å²) in [5, 5.41) is 12.8. The molecule has 46 heavy (non-hydrogen) atoms. The number of nitrogens with two attached hydrogens (primary N) is 1. The number of hydrogen-bond acceptors (Lipinski definition) is 9. The standard InChI is InChI=1S/C36H32N10/c37-19-27-16-18-40-36(41-27)44-32-25-10-11-26(32)22-45(21-25)20-23-8-12-28(13-9-23)46-34(29-7-4-17-39-33(29)38)43-31-15-14-30(42-35(31)46)24-5-2-1-3-6-24/h1-9,12-18,25-26,32H,10-11,20-22H2,(H2,38,39)(H,40,41,44). The highest BCUT2D eigenvalue weighted by atomic mass is 15.2. The summed E-state index contributed by atoms with van der Waals surface area (Å²) in [4.78, 5) is 25.7. The van der Waals surface area contributed by atoms with Gasteiger partial charge >= 0.3 is 0 Å². The number of nitriles is 1. The maximum absolute atomic E-state index is 9.22. The Morgan fingerprint density at radius 2 is 1.63 bits per heavy atom. The molecular formula is C36H32N10. The van der Waals surface area contributed by atoms with E-state index in [1.54, 1.807) is 18.5 Å². The summed E-state index contributed by atoms with van der Waals surface area (Å²) in [6.07, 6.45) is 5.70. The predicted octanol–water partition coefficient (Wildman–Crippen LogP) is 5.72. The van der Waals surface area contributed by atoms with Crippen molar-refractivity contribution in [3.05, 3.63) is 109 Å². The number of nitrogens with zero attached hydrogens (tertiary/aromatic N) is 8. The van der Waals surface area contributed by atoms with Gasteiger partial charge in [0.15, 0.2) is 11.5 Å². The van der Waals surface area contributed by atoms with Gasteiger partial charge in [-0.2, -0.15) is 5.26 Å². The number of nitrogens with one attached hydrogen (secondary N) is 1. The molecule has 4 aromatic heterocycles. The first-order valence-corrected chi connectivity index (χ1v) is 15.6. The van der Waals surface area contributed by atoms with E-state index in [1.807, 2.05) is 42.5 Å². The third-order valence-electron chi connectivity index (χ3n) is 9.23. The van der Waals surface area contributed by atoms with Crippen LogP contribution < -0.4 is 11.1 Å². The molecule has 2 unspecified atom stereocenters. The third kappa shape index (κ3) is 5.21. The minimum absolute atomic E-state index is 0.328. The lowest BCUT2D eigenvalue weighted by atomic mass is 9.92. The molecule has 1 saturated carbocycles. The number of hydrogen-bond donors (Lipinski definition) is 2. The normalized spacial score (nSPS) is 19.2. The van der Waals surface area contributed by atoms with Crippen molar-refractivity contribution in [1.29, 1.82) is 5.26 Å². The second-order valence-electron chi connectivity index (χ2n) is 12.1. The van der Waals surface area contributed by atoms with Gasteiger partial charge in [0.2, 0.25) is 5.95 Å². The molecule has 226 valence electrons. The number of imidazole rings is 1. The van der Waals surface area contributed by atoms with Crippen LogP contribution >= 0.6 is 0 Å². The topological polar surface area (TPSA) is 134 Å². The summed E-state index contributed by atoms with van der Waals surface area (Å²) in [6.45, 7) is 2.90. The third-order valence-corrected chi connectivity index (χ3v) is 9.23. The van der Waals surface area contributed by atoms with Gasteiger partial charge in [0.25, 0.3) is 0 Å². The molecule has 0 radical (unpaired) electrons. The number of aromatic nitrogens is 6. The van der Waals surface area contributed by atoms with E-state index in [9.17, 15) is 5.26 Å². The van der Waals surface area contributed by atoms with Crippen LogP contribution in [0.1, 0.15) is 24.1 Å². The average molecular weight is 605 g/mol. The summed E-state index contributed by atoms with van der Waals surface area (Å²) >= 11 is 0. The zero-order chi connectivity index (χ0) is 31.0. The number of fused-ring (bicyclic) bond motifs is 3. The average Bonchev–Trinajstić information content (AvgIpc) is 3.58. The fraction of sp³-hybridized carbons (Fsp3) is 0.222. The Balaban J connectivity index is 1.06. The van der Waals surface area contributed by atoms with Gasteiger partial charge in [-0.15, -0.1) is 0 Å². The number of pyridine rings is 2. The molecule has 0 amide bonds. The van der Waals surface area contributed by atoms with E-state index in [2.05, 4.69) is 72.2 Å². The van der Waals surface area contributed by atoms with Crippen LogP contribution in [0, 0.1) is 23.2 Å². The van der Waals surface area contributed by atoms with Crippen molar-refractivity contribution >= 4 is 22.9 Å². The summed E-state index contributed by atoms with van der Waals surface area (Å²) in [5.41, 5.74) is 13.2. The molecule has 2 fully saturated rings. The molecule has 0 spiro atoms. The van der Waals surface area contributed by atoms with E-state index >= 15 is 0 Å². The van der Waals surface area contributed by atoms with E-state index in [-0.39, 0.29) is 0 Å². The lowest BCUT2D eigenvalue weighted by Gasteiger charge is -2.38. The molecule has 5 heterocycles. The van der Waals surface area contributed by atoms with Crippen molar-refractivity contribution in [2.24, 2.45) is 11.8 Å². The quantitative estimate of drug-likeness (QED) is 0.235. The molecule has 10 heteroatoms. The Morgan fingerprint density at radius 3 is 2.39 bits per heavy atom. The minimum atomic E-state index is 0.328. The number of anilines is 2. The molecule has 10 nitrogen and oxygen atoms in total. The molecule has 1 saturated heterocycles. The van der Waals surface area contributed by atoms with Gasteiger partial charge < -0.3 is 11.1 Å². The molecule has 3 N–H and O–H groups in total. The fourth-order valence-electron chi connectivity index (χ4n) is 7.09. The molecule has 2 atom stereocenters. The Labute approximate surface area is 266 Å². The van der Waals surface area contributed by atoms with Gasteiger partial charge in [-0.3, -0.25) is 9.47 Å². The van der Waals surface area contributed by atoms with E-state index in [0.29, 0.717) is 41.2 Å². The van der Waals surface area contributed by atoms with Crippen LogP contribution in [0.25, 0.3) is 39.5 Å². The van der Waals surface area contributed by atoms with Gasteiger partial charge in [-0.25, -0.2) is 24.9 Å². The Bertz CT molecular complexity index is 2050. The van der Waals surface area contributed by atoms with Crippen molar-refractivity contribution in [3.63, 3.8) is 0 Å². The van der Waals surface area contributed by atoms with Crippen molar-refractivity contribution in [2.75, 3.05) is 24.1 Å². The first-order valence-electron chi connectivity index (χ1n) is 15.6. The Kier molecular flexibility index (Phi) is 7.08. The molecule has 2 bridgehead atoms. The highest BCUT2D eigenvalue weighted by molar-refractivity contribution is 5.84. The smallest absolute Gasteiger partial charge is 0.224 e. The summed E-state index contributed by atoms with van der Waals surface area (Å²) in [7, 11) is 0. The molecule has 8 rings (SSSR count). The number of rotatable bonds is 7. The SMILES string of the molecule is N#Cc1ccnc(NC2C3CCC2CN(Cc2ccc(-n4c(-c5cccnc5N)nc5ccc(-c6ccccc6)nc54)cc2)C3)n1. The molecular weight excluding hydrogens is 572 g/mol. The maximum Gasteiger partial charge on any atom is 0.224 e. The van der Waals surface area contributed by atoms with Crippen molar-refractivity contribution in [1.82, 2.24) is 34.4 Å². The van der Waals surface area contributed by atoms with Crippen LogP contribution in [0.4, 0.5) is 11.8 Å². The van der Waals surface area contributed by atoms with Gasteiger partial charge in [-0.05, 0) is 72.7 Å². The number of likely N-dealkylation sites (tertiary alicyclic amines) is 1. The maximum atomic E-state index is 9.22. The van der Waals surface area contributed by atoms with Crippen LogP contribution in [0.2, 0.25) is 0 Å². The first-order chi connectivity index (χ1) is 22.6. The van der Waals surface area contributed by atoms with Gasteiger partial charge in [-0.1, -0.05) is 42.5 Å². The Morgan fingerprint density at radius 1 is 0.826 bits per heavy atom. The zero-order valence-electron chi connectivity index (χ0n) is 25.2. The van der Waals surface area contributed by atoms with Crippen LogP contribution in [-0.4, -0.2) is 53.5 Å². The monoisotopic (exact) mass is 604 g/mol. The summed E-state index contributed by atoms with van der Waals surface area (Å²) in [5.74, 6) is 2.72. The number of benzene rings is 2. The number of nitrogen functional groups attached to an aromatic ring is 1. The second kappa shape index (κ2) is 11.7. The minimum Gasteiger partial charge on any atom is -0.383 e. The largest absolute Gasteiger partial charge is 0.383 e. The second-order valence-corrected chi connectivity index (χ2v) is 12.1. The lowest BCUT2D eigenvalue weighted by Crippen LogP contribution is -2.47. The molecule has 2 aliphatic rings. The highest BCUT2D eigenvalue weighted by Crippen LogP contribution is 2.39. The van der Waals surface area contributed by atoms with Crippen LogP contribution in [0.3, 0.4) is 0 Å². The van der Waals surface area contributed by atoms with Crippen molar-refractivity contribution < 1.29 is 0 Å².